The van der Waals surface area contributed by atoms with Crippen molar-refractivity contribution in [3.8, 4) is 5.75 Å². The zero-order valence-corrected chi connectivity index (χ0v) is 13.8. The number of rotatable bonds is 7. The van der Waals surface area contributed by atoms with Gasteiger partial charge in [0.1, 0.15) is 5.75 Å². The van der Waals surface area contributed by atoms with Crippen LogP contribution in [0, 0.1) is 0 Å². The van der Waals surface area contributed by atoms with Crippen molar-refractivity contribution >= 4 is 5.91 Å². The molecule has 1 N–H and O–H groups in total. The Morgan fingerprint density at radius 1 is 1.09 bits per heavy atom. The molecule has 4 nitrogen and oxygen atoms in total. The van der Waals surface area contributed by atoms with E-state index in [4.69, 9.17) is 9.47 Å². The Bertz CT molecular complexity index is 653. The molecule has 2 rings (SSSR count). The Balaban J connectivity index is 2.01. The zero-order chi connectivity index (χ0) is 16.7. The van der Waals surface area contributed by atoms with Gasteiger partial charge in [-0.1, -0.05) is 30.3 Å². The number of ether oxygens (including phenoxy) is 2. The van der Waals surface area contributed by atoms with Crippen LogP contribution in [0.15, 0.2) is 48.5 Å². The lowest BCUT2D eigenvalue weighted by atomic mass is 10.1. The van der Waals surface area contributed by atoms with E-state index in [1.807, 2.05) is 44.2 Å². The third-order valence-corrected chi connectivity index (χ3v) is 3.46. The number of carbonyl (C=O) groups excluding carboxylic acids is 1. The van der Waals surface area contributed by atoms with Crippen molar-refractivity contribution in [2.75, 3.05) is 7.11 Å². The van der Waals surface area contributed by atoms with Gasteiger partial charge < -0.3 is 14.8 Å². The molecule has 1 amide bonds. The Morgan fingerprint density at radius 2 is 1.83 bits per heavy atom. The topological polar surface area (TPSA) is 47.6 Å². The summed E-state index contributed by atoms with van der Waals surface area (Å²) in [6.45, 7) is 5.02. The second-order valence-electron chi connectivity index (χ2n) is 5.54. The van der Waals surface area contributed by atoms with E-state index in [2.05, 4.69) is 5.32 Å². The van der Waals surface area contributed by atoms with Gasteiger partial charge in [-0.05, 0) is 43.2 Å². The number of amides is 1. The minimum absolute atomic E-state index is 0.122. The highest BCUT2D eigenvalue weighted by Gasteiger charge is 2.08. The maximum atomic E-state index is 12.3. The molecule has 0 heterocycles. The van der Waals surface area contributed by atoms with Gasteiger partial charge in [-0.15, -0.1) is 0 Å². The molecule has 0 aliphatic rings. The molecule has 2 aromatic rings. The normalized spacial score (nSPS) is 10.6. The average molecular weight is 313 g/mol. The van der Waals surface area contributed by atoms with Gasteiger partial charge in [0.25, 0.3) is 5.91 Å². The van der Waals surface area contributed by atoms with E-state index in [1.165, 1.54) is 0 Å². The Hall–Kier alpha value is -2.33. The summed E-state index contributed by atoms with van der Waals surface area (Å²) in [7, 11) is 1.59. The smallest absolute Gasteiger partial charge is 0.251 e. The van der Waals surface area contributed by atoms with E-state index in [1.54, 1.807) is 25.3 Å². The summed E-state index contributed by atoms with van der Waals surface area (Å²) in [6.07, 6.45) is 0.175. The van der Waals surface area contributed by atoms with Crippen LogP contribution in [-0.2, 0) is 17.9 Å². The lowest BCUT2D eigenvalue weighted by Crippen LogP contribution is -2.23. The van der Waals surface area contributed by atoms with E-state index in [0.717, 1.165) is 11.1 Å². The standard InChI is InChI=1S/C19H23NO3/c1-14(2)23-13-17-8-5-4-7-16(17)12-20-19(21)15-9-6-10-18(11-15)22-3/h4-11,14H,12-13H2,1-3H3,(H,20,21). The summed E-state index contributed by atoms with van der Waals surface area (Å²) >= 11 is 0. The SMILES string of the molecule is COc1cccc(C(=O)NCc2ccccc2COC(C)C)c1. The lowest BCUT2D eigenvalue weighted by molar-refractivity contribution is 0.0651. The third kappa shape index (κ3) is 5.11. The van der Waals surface area contributed by atoms with Crippen LogP contribution in [0.2, 0.25) is 0 Å². The van der Waals surface area contributed by atoms with Crippen LogP contribution < -0.4 is 10.1 Å². The summed E-state index contributed by atoms with van der Waals surface area (Å²) < 4.78 is 10.8. The van der Waals surface area contributed by atoms with E-state index in [0.29, 0.717) is 24.5 Å². The monoisotopic (exact) mass is 313 g/mol. The first-order valence-electron chi connectivity index (χ1n) is 7.70. The van der Waals surface area contributed by atoms with Crippen molar-refractivity contribution in [1.82, 2.24) is 5.32 Å². The van der Waals surface area contributed by atoms with Gasteiger partial charge in [0.15, 0.2) is 0 Å². The van der Waals surface area contributed by atoms with Gasteiger partial charge in [0, 0.05) is 12.1 Å². The first-order valence-corrected chi connectivity index (χ1v) is 7.70. The predicted octanol–water partition coefficient (Wildman–Crippen LogP) is 3.55. The van der Waals surface area contributed by atoms with Crippen LogP contribution in [0.1, 0.15) is 35.3 Å². The van der Waals surface area contributed by atoms with E-state index in [9.17, 15) is 4.79 Å². The highest BCUT2D eigenvalue weighted by molar-refractivity contribution is 5.94. The van der Waals surface area contributed by atoms with Crippen LogP contribution in [0.5, 0.6) is 5.75 Å². The van der Waals surface area contributed by atoms with Crippen LogP contribution in [0.3, 0.4) is 0 Å². The summed E-state index contributed by atoms with van der Waals surface area (Å²) in [6, 6.07) is 15.1. The Morgan fingerprint density at radius 3 is 2.52 bits per heavy atom. The van der Waals surface area contributed by atoms with Crippen molar-refractivity contribution in [2.45, 2.75) is 33.1 Å². The van der Waals surface area contributed by atoms with Crippen molar-refractivity contribution in [2.24, 2.45) is 0 Å². The number of methoxy groups -OCH3 is 1. The predicted molar refractivity (Wildman–Crippen MR) is 90.5 cm³/mol. The second kappa shape index (κ2) is 8.34. The average Bonchev–Trinajstić information content (AvgIpc) is 2.58. The molecule has 4 heteroatoms. The molecule has 0 saturated carbocycles. The van der Waals surface area contributed by atoms with Crippen LogP contribution in [0.4, 0.5) is 0 Å². The second-order valence-corrected chi connectivity index (χ2v) is 5.54. The maximum absolute atomic E-state index is 12.3. The molecule has 0 bridgehead atoms. The molecule has 122 valence electrons. The van der Waals surface area contributed by atoms with Gasteiger partial charge in [0.2, 0.25) is 0 Å². The van der Waals surface area contributed by atoms with Crippen molar-refractivity contribution in [1.29, 1.82) is 0 Å². The summed E-state index contributed by atoms with van der Waals surface area (Å²) in [4.78, 5) is 12.3. The molecule has 0 spiro atoms. The molecule has 0 saturated heterocycles. The first-order chi connectivity index (χ1) is 11.1. The molecule has 0 unspecified atom stereocenters. The summed E-state index contributed by atoms with van der Waals surface area (Å²) in [5, 5.41) is 2.94. The fourth-order valence-electron chi connectivity index (χ4n) is 2.17. The highest BCUT2D eigenvalue weighted by atomic mass is 16.5. The summed E-state index contributed by atoms with van der Waals surface area (Å²) in [5.41, 5.74) is 2.73. The van der Waals surface area contributed by atoms with Crippen LogP contribution in [0.25, 0.3) is 0 Å². The fraction of sp³-hybridized carbons (Fsp3) is 0.316. The van der Waals surface area contributed by atoms with Crippen molar-refractivity contribution < 1.29 is 14.3 Å². The largest absolute Gasteiger partial charge is 0.497 e. The van der Waals surface area contributed by atoms with E-state index < -0.39 is 0 Å². The fourth-order valence-corrected chi connectivity index (χ4v) is 2.17. The maximum Gasteiger partial charge on any atom is 0.251 e. The molecular weight excluding hydrogens is 290 g/mol. The van der Waals surface area contributed by atoms with Crippen molar-refractivity contribution in [3.63, 3.8) is 0 Å². The first kappa shape index (κ1) is 17.0. The molecule has 0 aliphatic heterocycles. The number of benzene rings is 2. The Labute approximate surface area is 137 Å². The van der Waals surface area contributed by atoms with Crippen LogP contribution in [-0.4, -0.2) is 19.1 Å². The van der Waals surface area contributed by atoms with Gasteiger partial charge >= 0.3 is 0 Å². The van der Waals surface area contributed by atoms with E-state index >= 15 is 0 Å². The lowest BCUT2D eigenvalue weighted by Gasteiger charge is -2.13. The summed E-state index contributed by atoms with van der Waals surface area (Å²) in [5.74, 6) is 0.548. The van der Waals surface area contributed by atoms with Gasteiger partial charge in [-0.2, -0.15) is 0 Å². The molecule has 0 atom stereocenters. The minimum atomic E-state index is -0.122. The van der Waals surface area contributed by atoms with Gasteiger partial charge in [-0.25, -0.2) is 0 Å². The quantitative estimate of drug-likeness (QED) is 0.850. The molecule has 0 fully saturated rings. The van der Waals surface area contributed by atoms with E-state index in [-0.39, 0.29) is 12.0 Å². The zero-order valence-electron chi connectivity index (χ0n) is 13.8. The number of nitrogens with one attached hydrogen (secondary N) is 1. The number of hydrogen-bond acceptors (Lipinski definition) is 3. The minimum Gasteiger partial charge on any atom is -0.497 e. The molecule has 23 heavy (non-hydrogen) atoms. The molecule has 0 radical (unpaired) electrons. The molecule has 0 aromatic heterocycles. The van der Waals surface area contributed by atoms with Gasteiger partial charge in [-0.3, -0.25) is 4.79 Å². The molecule has 2 aromatic carbocycles. The number of carbonyl (C=O) groups is 1. The van der Waals surface area contributed by atoms with Crippen molar-refractivity contribution in [3.05, 3.63) is 65.2 Å². The third-order valence-electron chi connectivity index (χ3n) is 3.46. The number of hydrogen-bond donors (Lipinski definition) is 1. The van der Waals surface area contributed by atoms with Gasteiger partial charge in [0.05, 0.1) is 19.8 Å². The highest BCUT2D eigenvalue weighted by Crippen LogP contribution is 2.14. The van der Waals surface area contributed by atoms with Crippen LogP contribution >= 0.6 is 0 Å². The molecular formula is C19H23NO3. The Kier molecular flexibility index (Phi) is 6.18. The molecule has 0 aliphatic carbocycles.